The van der Waals surface area contributed by atoms with Gasteiger partial charge in [0.15, 0.2) is 0 Å². The molecule has 0 bridgehead atoms. The number of carboxylic acids is 1. The summed E-state index contributed by atoms with van der Waals surface area (Å²) in [6, 6.07) is 7.30. The van der Waals surface area contributed by atoms with E-state index in [1.54, 1.807) is 12.1 Å². The molecule has 0 radical (unpaired) electrons. The number of carbonyl (C=O) groups is 3. The Labute approximate surface area is 173 Å². The summed E-state index contributed by atoms with van der Waals surface area (Å²) in [5.74, 6) is -1.07. The second-order valence-corrected chi connectivity index (χ2v) is 8.76. The molecule has 7 heteroatoms. The summed E-state index contributed by atoms with van der Waals surface area (Å²) in [5.41, 5.74) is 2.54. The number of nitrogens with one attached hydrogen (secondary N) is 1. The summed E-state index contributed by atoms with van der Waals surface area (Å²) in [5, 5.41) is 12.9. The van der Waals surface area contributed by atoms with Gasteiger partial charge in [0.1, 0.15) is 5.00 Å². The molecule has 1 saturated carbocycles. The first-order chi connectivity index (χ1) is 14.0. The molecule has 0 saturated heterocycles. The smallest absolute Gasteiger partial charge is 0.339 e. The zero-order valence-electron chi connectivity index (χ0n) is 16.4. The lowest BCUT2D eigenvalue weighted by Gasteiger charge is -2.33. The van der Waals surface area contributed by atoms with Crippen molar-refractivity contribution in [1.82, 2.24) is 4.90 Å². The molecule has 1 aliphatic heterocycles. The average molecular weight is 413 g/mol. The summed E-state index contributed by atoms with van der Waals surface area (Å²) in [7, 11) is 0. The van der Waals surface area contributed by atoms with E-state index in [9.17, 15) is 19.5 Å². The maximum Gasteiger partial charge on any atom is 0.339 e. The SMILES string of the molecule is CCc1ccc(C(=O)Nc2sc3c(c2C(=O)O)CCN(C(=O)C2CCC2)C3)cc1. The fraction of sp³-hybridized carbons (Fsp3) is 0.409. The molecule has 1 fully saturated rings. The van der Waals surface area contributed by atoms with Gasteiger partial charge in [0.2, 0.25) is 5.91 Å². The van der Waals surface area contributed by atoms with E-state index in [-0.39, 0.29) is 23.3 Å². The minimum atomic E-state index is -1.04. The van der Waals surface area contributed by atoms with Crippen molar-refractivity contribution in [3.8, 4) is 0 Å². The number of amides is 2. The molecule has 0 unspecified atom stereocenters. The number of hydrogen-bond donors (Lipinski definition) is 2. The second kappa shape index (κ2) is 7.99. The first-order valence-electron chi connectivity index (χ1n) is 10.0. The fourth-order valence-electron chi connectivity index (χ4n) is 3.89. The number of carbonyl (C=O) groups excluding carboxylic acids is 2. The molecule has 29 heavy (non-hydrogen) atoms. The van der Waals surface area contributed by atoms with E-state index >= 15 is 0 Å². The van der Waals surface area contributed by atoms with E-state index in [0.717, 1.165) is 41.7 Å². The molecule has 0 atom stereocenters. The van der Waals surface area contributed by atoms with E-state index in [4.69, 9.17) is 0 Å². The van der Waals surface area contributed by atoms with Gasteiger partial charge in [0.05, 0.1) is 12.1 Å². The zero-order valence-corrected chi connectivity index (χ0v) is 17.2. The van der Waals surface area contributed by atoms with Crippen molar-refractivity contribution >= 4 is 34.1 Å². The Bertz CT molecular complexity index is 960. The van der Waals surface area contributed by atoms with Crippen LogP contribution in [-0.2, 0) is 24.2 Å². The lowest BCUT2D eigenvalue weighted by molar-refractivity contribution is -0.139. The lowest BCUT2D eigenvalue weighted by Crippen LogP contribution is -2.41. The summed E-state index contributed by atoms with van der Waals surface area (Å²) in [6.07, 6.45) is 4.40. The standard InChI is InChI=1S/C22H24N2O4S/c1-2-13-6-8-14(9-7-13)19(25)23-20-18(22(27)28)16-10-11-24(12-17(16)29-20)21(26)15-4-3-5-15/h6-9,15H,2-5,10-12H2,1H3,(H,23,25)(H,27,28). The molecule has 1 aromatic heterocycles. The number of carboxylic acid groups (broad SMARTS) is 1. The number of hydrogen-bond acceptors (Lipinski definition) is 4. The molecule has 152 valence electrons. The monoisotopic (exact) mass is 412 g/mol. The van der Waals surface area contributed by atoms with E-state index in [1.807, 2.05) is 24.0 Å². The van der Waals surface area contributed by atoms with Gasteiger partial charge in [-0.15, -0.1) is 11.3 Å². The van der Waals surface area contributed by atoms with Crippen LogP contribution in [0.5, 0.6) is 0 Å². The van der Waals surface area contributed by atoms with Gasteiger partial charge in [0.25, 0.3) is 5.91 Å². The number of benzene rings is 1. The Kier molecular flexibility index (Phi) is 5.41. The van der Waals surface area contributed by atoms with Gasteiger partial charge >= 0.3 is 5.97 Å². The topological polar surface area (TPSA) is 86.7 Å². The highest BCUT2D eigenvalue weighted by molar-refractivity contribution is 7.17. The number of fused-ring (bicyclic) bond motifs is 1. The molecular weight excluding hydrogens is 388 g/mol. The van der Waals surface area contributed by atoms with E-state index in [2.05, 4.69) is 5.32 Å². The number of anilines is 1. The Morgan fingerprint density at radius 1 is 1.21 bits per heavy atom. The van der Waals surface area contributed by atoms with Crippen LogP contribution in [0.1, 0.15) is 62.9 Å². The van der Waals surface area contributed by atoms with Gasteiger partial charge in [-0.1, -0.05) is 25.5 Å². The third-order valence-electron chi connectivity index (χ3n) is 5.89. The van der Waals surface area contributed by atoms with Gasteiger partial charge in [0, 0.05) is 22.9 Å². The largest absolute Gasteiger partial charge is 0.478 e. The van der Waals surface area contributed by atoms with Gasteiger partial charge in [-0.05, 0) is 48.9 Å². The molecule has 2 aromatic rings. The molecule has 6 nitrogen and oxygen atoms in total. The van der Waals surface area contributed by atoms with Crippen LogP contribution in [0, 0.1) is 5.92 Å². The lowest BCUT2D eigenvalue weighted by atomic mass is 9.84. The molecule has 0 spiro atoms. The number of nitrogens with zero attached hydrogens (tertiary/aromatic N) is 1. The van der Waals surface area contributed by atoms with Crippen LogP contribution in [0.25, 0.3) is 0 Å². The highest BCUT2D eigenvalue weighted by atomic mass is 32.1. The number of aryl methyl sites for hydroxylation is 1. The van der Waals surface area contributed by atoms with E-state index < -0.39 is 5.97 Å². The Morgan fingerprint density at radius 3 is 2.52 bits per heavy atom. The summed E-state index contributed by atoms with van der Waals surface area (Å²) in [4.78, 5) is 39.8. The maximum absolute atomic E-state index is 12.6. The number of aromatic carboxylic acids is 1. The summed E-state index contributed by atoms with van der Waals surface area (Å²) < 4.78 is 0. The second-order valence-electron chi connectivity index (χ2n) is 7.66. The van der Waals surface area contributed by atoms with E-state index in [0.29, 0.717) is 30.1 Å². The van der Waals surface area contributed by atoms with Crippen molar-refractivity contribution in [2.75, 3.05) is 11.9 Å². The van der Waals surface area contributed by atoms with Crippen molar-refractivity contribution in [3.63, 3.8) is 0 Å². The maximum atomic E-state index is 12.6. The molecule has 1 aromatic carbocycles. The van der Waals surface area contributed by atoms with Gasteiger partial charge in [-0.25, -0.2) is 4.79 Å². The average Bonchev–Trinajstić information content (AvgIpc) is 3.03. The van der Waals surface area contributed by atoms with Crippen molar-refractivity contribution < 1.29 is 19.5 Å². The third-order valence-corrected chi connectivity index (χ3v) is 7.02. The van der Waals surface area contributed by atoms with Crippen molar-refractivity contribution in [2.24, 2.45) is 5.92 Å². The molecule has 2 aliphatic rings. The predicted octanol–water partition coefficient (Wildman–Crippen LogP) is 3.95. The minimum Gasteiger partial charge on any atom is -0.478 e. The summed E-state index contributed by atoms with van der Waals surface area (Å²) in [6.45, 7) is 3.01. The normalized spacial score (nSPS) is 16.1. The molecule has 2 N–H and O–H groups in total. The van der Waals surface area contributed by atoms with Gasteiger partial charge < -0.3 is 15.3 Å². The van der Waals surface area contributed by atoms with Crippen LogP contribution >= 0.6 is 11.3 Å². The van der Waals surface area contributed by atoms with Gasteiger partial charge in [-0.2, -0.15) is 0 Å². The minimum absolute atomic E-state index is 0.126. The molecule has 2 heterocycles. The molecule has 4 rings (SSSR count). The fourth-order valence-corrected chi connectivity index (χ4v) is 5.14. The quantitative estimate of drug-likeness (QED) is 0.779. The van der Waals surface area contributed by atoms with Crippen LogP contribution in [0.4, 0.5) is 5.00 Å². The molecule has 2 amide bonds. The third kappa shape index (κ3) is 3.79. The van der Waals surface area contributed by atoms with Crippen LogP contribution in [0.2, 0.25) is 0 Å². The zero-order chi connectivity index (χ0) is 20.5. The van der Waals surface area contributed by atoms with Crippen LogP contribution in [0.15, 0.2) is 24.3 Å². The highest BCUT2D eigenvalue weighted by Crippen LogP contribution is 2.38. The summed E-state index contributed by atoms with van der Waals surface area (Å²) >= 11 is 1.27. The van der Waals surface area contributed by atoms with Crippen molar-refractivity contribution in [2.45, 2.75) is 45.6 Å². The Hall–Kier alpha value is -2.67. The molecule has 1 aliphatic carbocycles. The Morgan fingerprint density at radius 2 is 1.93 bits per heavy atom. The van der Waals surface area contributed by atoms with Gasteiger partial charge in [-0.3, -0.25) is 9.59 Å². The van der Waals surface area contributed by atoms with Crippen molar-refractivity contribution in [3.05, 3.63) is 51.4 Å². The van der Waals surface area contributed by atoms with E-state index in [1.165, 1.54) is 11.3 Å². The highest BCUT2D eigenvalue weighted by Gasteiger charge is 2.34. The van der Waals surface area contributed by atoms with Crippen molar-refractivity contribution in [1.29, 1.82) is 0 Å². The van der Waals surface area contributed by atoms with Crippen LogP contribution in [-0.4, -0.2) is 34.3 Å². The van der Waals surface area contributed by atoms with Crippen LogP contribution in [0.3, 0.4) is 0 Å². The Balaban J connectivity index is 1.56. The molecular formula is C22H24N2O4S. The first kappa shape index (κ1) is 19.6. The van der Waals surface area contributed by atoms with Crippen LogP contribution < -0.4 is 5.32 Å². The number of thiophene rings is 1. The number of rotatable bonds is 5. The first-order valence-corrected chi connectivity index (χ1v) is 10.9. The predicted molar refractivity (Wildman–Crippen MR) is 112 cm³/mol.